The molecule has 0 aromatic rings. The Labute approximate surface area is 137 Å². The van der Waals surface area contributed by atoms with E-state index in [1.54, 1.807) is 0 Å². The first kappa shape index (κ1) is 45.7. The Hall–Kier alpha value is 3.12. The van der Waals surface area contributed by atoms with Crippen molar-refractivity contribution < 1.29 is 0 Å². The predicted octanol–water partition coefficient (Wildman–Crippen LogP) is 5.36. The normalized spacial score (nSPS) is 4.50. The number of halogens is 6. The summed E-state index contributed by atoms with van der Waals surface area (Å²) in [5.41, 5.74) is 0. The lowest BCUT2D eigenvalue weighted by molar-refractivity contribution is 0.776. The average molecular weight is 545 g/mol. The average Bonchev–Trinajstić information content (AvgIpc) is 1.61. The zero-order valence-electron chi connectivity index (χ0n) is 6.95. The van der Waals surface area contributed by atoms with Gasteiger partial charge in [0, 0.05) is 5.88 Å². The van der Waals surface area contributed by atoms with Crippen molar-refractivity contribution in [1.82, 2.24) is 0 Å². The van der Waals surface area contributed by atoms with Gasteiger partial charge in [-0.1, -0.05) is 19.8 Å². The van der Waals surface area contributed by atoms with Crippen molar-refractivity contribution >= 4 is 106 Å². The molecule has 0 heterocycles. The molecule has 0 aromatic heterocycles. The van der Waals surface area contributed by atoms with Gasteiger partial charge in [0.05, 0.1) is 0 Å². The Morgan fingerprint density at radius 3 is 1.25 bits per heavy atom. The molecule has 0 saturated heterocycles. The summed E-state index contributed by atoms with van der Waals surface area (Å²) in [4.78, 5) is 0. The van der Waals surface area contributed by atoms with Crippen molar-refractivity contribution in [3.05, 3.63) is 0 Å². The van der Waals surface area contributed by atoms with Crippen LogP contribution in [0, 0.1) is 0 Å². The number of unbranched alkanes of at least 4 members (excludes halogenated alkanes) is 2. The molecule has 0 saturated carbocycles. The summed E-state index contributed by atoms with van der Waals surface area (Å²) in [6.45, 7) is 2.17. The number of hydrogen-bond donors (Lipinski definition) is 0. The summed E-state index contributed by atoms with van der Waals surface area (Å²) < 4.78 is 0. The molecule has 1 unspecified atom stereocenters. The maximum absolute atomic E-state index is 5.38. The maximum atomic E-state index is 5.38. The SMILES string of the molecule is Br.Br.Br.Br.Br.CCCCCCl.P. The molecule has 0 amide bonds. The second-order valence-electron chi connectivity index (χ2n) is 1.40. The van der Waals surface area contributed by atoms with E-state index in [-0.39, 0.29) is 94.8 Å². The maximum Gasteiger partial charge on any atom is 0.0223 e. The first-order chi connectivity index (χ1) is 2.91. The molecular weight excluding hydrogens is 526 g/mol. The Morgan fingerprint density at radius 1 is 0.833 bits per heavy atom. The lowest BCUT2D eigenvalue weighted by Crippen LogP contribution is -1.70. The van der Waals surface area contributed by atoms with Crippen LogP contribution < -0.4 is 0 Å². The van der Waals surface area contributed by atoms with E-state index in [1.807, 2.05) is 0 Å². The highest BCUT2D eigenvalue weighted by atomic mass is 79.9. The molecular formula is C5H19Br5ClP. The van der Waals surface area contributed by atoms with E-state index in [0.29, 0.717) is 0 Å². The molecule has 0 fully saturated rings. The van der Waals surface area contributed by atoms with Gasteiger partial charge in [0.25, 0.3) is 0 Å². The van der Waals surface area contributed by atoms with Gasteiger partial charge in [-0.3, -0.25) is 0 Å². The van der Waals surface area contributed by atoms with Gasteiger partial charge >= 0.3 is 0 Å². The van der Waals surface area contributed by atoms with Gasteiger partial charge in [0.2, 0.25) is 0 Å². The fraction of sp³-hybridized carbons (Fsp3) is 1.00. The molecule has 0 aromatic carbocycles. The Kier molecular flexibility index (Phi) is 183. The van der Waals surface area contributed by atoms with Gasteiger partial charge < -0.3 is 0 Å². The molecule has 0 nitrogen and oxygen atoms in total. The summed E-state index contributed by atoms with van der Waals surface area (Å²) in [7, 11) is 0. The third-order valence-electron chi connectivity index (χ3n) is 0.737. The topological polar surface area (TPSA) is 0 Å². The molecule has 86 valence electrons. The first-order valence-electron chi connectivity index (χ1n) is 2.47. The van der Waals surface area contributed by atoms with Crippen molar-refractivity contribution in [2.45, 2.75) is 26.2 Å². The summed E-state index contributed by atoms with van der Waals surface area (Å²) >= 11 is 5.38. The largest absolute Gasteiger partial charge is 0.153 e. The number of hydrogen-bond acceptors (Lipinski definition) is 0. The zero-order valence-corrected chi connectivity index (χ0v) is 17.7. The van der Waals surface area contributed by atoms with Gasteiger partial charge in [-0.15, -0.1) is 96.5 Å². The number of alkyl halides is 1. The summed E-state index contributed by atoms with van der Waals surface area (Å²) in [5.74, 6) is 0.827. The minimum absolute atomic E-state index is 0. The molecule has 7 heteroatoms. The Balaban J connectivity index is -0.00000000833. The van der Waals surface area contributed by atoms with Crippen molar-refractivity contribution in [1.29, 1.82) is 0 Å². The van der Waals surface area contributed by atoms with Gasteiger partial charge in [-0.05, 0) is 6.42 Å². The molecule has 0 N–H and O–H groups in total. The van der Waals surface area contributed by atoms with Crippen LogP contribution in [-0.2, 0) is 0 Å². The smallest absolute Gasteiger partial charge is 0.0223 e. The highest BCUT2D eigenvalue weighted by molar-refractivity contribution is 8.93. The first-order valence-corrected chi connectivity index (χ1v) is 3.01. The van der Waals surface area contributed by atoms with Gasteiger partial charge in [0.15, 0.2) is 0 Å². The van der Waals surface area contributed by atoms with Gasteiger partial charge in [-0.25, -0.2) is 0 Å². The van der Waals surface area contributed by atoms with E-state index < -0.39 is 0 Å². The van der Waals surface area contributed by atoms with Crippen LogP contribution in [0.5, 0.6) is 0 Å². The summed E-state index contributed by atoms with van der Waals surface area (Å²) in [5, 5.41) is 0. The van der Waals surface area contributed by atoms with Crippen molar-refractivity contribution in [3.63, 3.8) is 0 Å². The van der Waals surface area contributed by atoms with Crippen molar-refractivity contribution in [3.8, 4) is 0 Å². The van der Waals surface area contributed by atoms with Crippen LogP contribution in [0.2, 0.25) is 0 Å². The minimum Gasteiger partial charge on any atom is -0.153 e. The van der Waals surface area contributed by atoms with E-state index in [9.17, 15) is 0 Å². The lowest BCUT2D eigenvalue weighted by Gasteiger charge is -1.84. The monoisotopic (exact) mass is 540 g/mol. The molecule has 1 atom stereocenters. The van der Waals surface area contributed by atoms with Crippen LogP contribution in [-0.4, -0.2) is 5.88 Å². The minimum atomic E-state index is 0. The quantitative estimate of drug-likeness (QED) is 0.255. The third kappa shape index (κ3) is 51.5. The highest BCUT2D eigenvalue weighted by Gasteiger charge is 1.76. The van der Waals surface area contributed by atoms with Crippen LogP contribution in [0.3, 0.4) is 0 Å². The Bertz CT molecular complexity index is 31.8. The van der Waals surface area contributed by atoms with Crippen molar-refractivity contribution in [2.24, 2.45) is 0 Å². The van der Waals surface area contributed by atoms with Crippen LogP contribution in [0.1, 0.15) is 26.2 Å². The molecule has 0 aliphatic rings. The van der Waals surface area contributed by atoms with Gasteiger partial charge in [0.1, 0.15) is 0 Å². The second-order valence-corrected chi connectivity index (χ2v) is 1.77. The van der Waals surface area contributed by atoms with Gasteiger partial charge in [-0.2, -0.15) is 9.90 Å². The molecule has 0 aliphatic heterocycles. The molecule has 0 aliphatic carbocycles. The van der Waals surface area contributed by atoms with Crippen molar-refractivity contribution in [2.75, 3.05) is 5.88 Å². The van der Waals surface area contributed by atoms with E-state index in [1.165, 1.54) is 19.3 Å². The van der Waals surface area contributed by atoms with Crippen LogP contribution in [0.15, 0.2) is 0 Å². The Morgan fingerprint density at radius 2 is 1.17 bits per heavy atom. The van der Waals surface area contributed by atoms with E-state index in [2.05, 4.69) is 6.92 Å². The fourth-order valence-corrected chi connectivity index (χ4v) is 0.533. The number of rotatable bonds is 3. The third-order valence-corrected chi connectivity index (χ3v) is 1.00. The summed E-state index contributed by atoms with van der Waals surface area (Å²) in [6, 6.07) is 0. The zero-order chi connectivity index (χ0) is 4.83. The molecule has 0 spiro atoms. The fourth-order valence-electron chi connectivity index (χ4n) is 0.344. The van der Waals surface area contributed by atoms with Crippen LogP contribution in [0.4, 0.5) is 0 Å². The molecule has 12 heavy (non-hydrogen) atoms. The predicted molar refractivity (Wildman–Crippen MR) is 93.0 cm³/mol. The molecule has 0 bridgehead atoms. The van der Waals surface area contributed by atoms with Crippen LogP contribution >= 0.6 is 106 Å². The molecule has 0 rings (SSSR count). The molecule has 0 radical (unpaired) electrons. The summed E-state index contributed by atoms with van der Waals surface area (Å²) in [6.07, 6.45) is 3.73. The van der Waals surface area contributed by atoms with Crippen LogP contribution in [0.25, 0.3) is 0 Å². The standard InChI is InChI=1S/C5H11Cl.5BrH.H3P/c1-2-3-4-5-6;;;;;;/h2-5H2,1H3;5*1H;1H3. The highest BCUT2D eigenvalue weighted by Crippen LogP contribution is 1.93. The van der Waals surface area contributed by atoms with E-state index >= 15 is 0 Å². The van der Waals surface area contributed by atoms with E-state index in [4.69, 9.17) is 11.6 Å². The van der Waals surface area contributed by atoms with E-state index in [0.717, 1.165) is 5.88 Å². The second kappa shape index (κ2) is 47.9. The lowest BCUT2D eigenvalue weighted by atomic mass is 10.3.